The van der Waals surface area contributed by atoms with Gasteiger partial charge in [0.15, 0.2) is 13.2 Å². The second kappa shape index (κ2) is 23.2. The molecular formula is C49H52F2N8O10S. The Hall–Kier alpha value is -7.48. The van der Waals surface area contributed by atoms with Gasteiger partial charge in [0.2, 0.25) is 0 Å². The summed E-state index contributed by atoms with van der Waals surface area (Å²) in [6.07, 6.45) is -1.98. The molecule has 0 bridgehead atoms. The maximum Gasteiger partial charge on any atom is 0.414 e. The molecule has 0 spiro atoms. The molecule has 18 nitrogen and oxygen atoms in total. The number of halogens is 2. The maximum atomic E-state index is 15.0. The molecule has 0 saturated carbocycles. The predicted octanol–water partition coefficient (Wildman–Crippen LogP) is 4.99. The van der Waals surface area contributed by atoms with Crippen LogP contribution in [-0.2, 0) is 28.5 Å². The molecule has 2 atom stereocenters. The van der Waals surface area contributed by atoms with E-state index in [1.54, 1.807) is 82.6 Å². The summed E-state index contributed by atoms with van der Waals surface area (Å²) in [7, 11) is 0. The summed E-state index contributed by atoms with van der Waals surface area (Å²) in [5.74, 6) is -2.64. The van der Waals surface area contributed by atoms with E-state index in [9.17, 15) is 37.5 Å². The average Bonchev–Trinajstić information content (AvgIpc) is 3.95. The summed E-state index contributed by atoms with van der Waals surface area (Å²) in [6.45, 7) is 7.23. The molecule has 4 aliphatic rings. The zero-order chi connectivity index (χ0) is 49.9. The first-order chi connectivity index (χ1) is 33.7. The number of carbonyl (C=O) groups is 6. The van der Waals surface area contributed by atoms with Crippen molar-refractivity contribution in [3.05, 3.63) is 119 Å². The van der Waals surface area contributed by atoms with Gasteiger partial charge in [-0.05, 0) is 86.7 Å². The van der Waals surface area contributed by atoms with Crippen LogP contribution >= 0.6 is 12.2 Å². The smallest absolute Gasteiger partial charge is 0.414 e. The summed E-state index contributed by atoms with van der Waals surface area (Å²) >= 11 is 4.53. The van der Waals surface area contributed by atoms with Crippen LogP contribution in [0.25, 0.3) is 0 Å². The molecule has 4 amide bonds. The van der Waals surface area contributed by atoms with Crippen molar-refractivity contribution < 1.29 is 56.5 Å². The number of aryl methyl sites for hydroxylation is 2. The molecule has 0 radical (unpaired) electrons. The van der Waals surface area contributed by atoms with Crippen molar-refractivity contribution in [2.75, 3.05) is 111 Å². The molecule has 4 saturated heterocycles. The summed E-state index contributed by atoms with van der Waals surface area (Å²) < 4.78 is 50.5. The number of anilines is 4. The highest BCUT2D eigenvalue weighted by atomic mass is 32.1. The second-order valence-electron chi connectivity index (χ2n) is 16.8. The van der Waals surface area contributed by atoms with Crippen molar-refractivity contribution in [2.45, 2.75) is 26.1 Å². The molecule has 8 rings (SSSR count). The summed E-state index contributed by atoms with van der Waals surface area (Å²) in [4.78, 5) is 86.7. The number of piperazine rings is 2. The molecule has 0 aliphatic carbocycles. The van der Waals surface area contributed by atoms with Gasteiger partial charge in [0.1, 0.15) is 23.8 Å². The number of hydrogen-bond donors (Lipinski definition) is 1. The van der Waals surface area contributed by atoms with Gasteiger partial charge in [-0.2, -0.15) is 0 Å². The molecule has 368 valence electrons. The van der Waals surface area contributed by atoms with E-state index >= 15 is 0 Å². The lowest BCUT2D eigenvalue weighted by molar-refractivity contribution is -0.135. The monoisotopic (exact) mass is 982 g/mol. The van der Waals surface area contributed by atoms with Gasteiger partial charge < -0.3 is 44.3 Å². The number of isothiocyanates is 1. The fourth-order valence-electron chi connectivity index (χ4n) is 8.04. The quantitative estimate of drug-likeness (QED) is 0.0814. The number of aliphatic imine (C=N–C) groups is 1. The Morgan fingerprint density at radius 3 is 1.41 bits per heavy atom. The highest BCUT2D eigenvalue weighted by molar-refractivity contribution is 7.78. The van der Waals surface area contributed by atoms with E-state index in [1.165, 1.54) is 21.9 Å². The maximum absolute atomic E-state index is 15.0. The molecule has 70 heavy (non-hydrogen) atoms. The Morgan fingerprint density at radius 1 is 0.643 bits per heavy atom. The molecule has 4 heterocycles. The van der Waals surface area contributed by atoms with Gasteiger partial charge in [0.25, 0.3) is 11.8 Å². The third-order valence-corrected chi connectivity index (χ3v) is 12.2. The number of esters is 2. The number of benzene rings is 4. The zero-order valence-electron chi connectivity index (χ0n) is 38.6. The number of rotatable bonds is 13. The van der Waals surface area contributed by atoms with Crippen LogP contribution in [0.3, 0.4) is 0 Å². The van der Waals surface area contributed by atoms with Crippen molar-refractivity contribution in [3.63, 3.8) is 0 Å². The molecular weight excluding hydrogens is 931 g/mol. The van der Waals surface area contributed by atoms with Crippen LogP contribution in [-0.4, -0.2) is 155 Å². The van der Waals surface area contributed by atoms with Gasteiger partial charge in [-0.1, -0.05) is 35.4 Å². The average molecular weight is 983 g/mol. The Kier molecular flexibility index (Phi) is 16.7. The molecule has 4 aliphatic heterocycles. The summed E-state index contributed by atoms with van der Waals surface area (Å²) in [6, 6.07) is 23.0. The number of nitrogens with two attached hydrogens (primary N) is 1. The highest BCUT2D eigenvalue weighted by Crippen LogP contribution is 2.30. The third-order valence-electron chi connectivity index (χ3n) is 12.0. The minimum Gasteiger partial charge on any atom is -0.452 e. The Labute approximate surface area is 408 Å². The van der Waals surface area contributed by atoms with Gasteiger partial charge in [0.05, 0.1) is 58.7 Å². The number of cyclic esters (lactones) is 2. The third kappa shape index (κ3) is 12.6. The van der Waals surface area contributed by atoms with E-state index in [0.717, 1.165) is 11.1 Å². The van der Waals surface area contributed by atoms with Crippen LogP contribution in [0.4, 0.5) is 41.1 Å². The normalized spacial score (nSPS) is 17.8. The molecule has 0 unspecified atom stereocenters. The van der Waals surface area contributed by atoms with Crippen molar-refractivity contribution in [1.82, 2.24) is 9.80 Å². The largest absolute Gasteiger partial charge is 0.452 e. The van der Waals surface area contributed by atoms with E-state index in [-0.39, 0.29) is 51.2 Å². The SMILES string of the molecule is Cc1ccc(C(=O)OCC(=O)N2CCN(c3ccc(N4C[C@H](CN)OC4=O)cc3F)CC2)cc1.Cc1ccc(C(=O)OCC(=O)N2CCN(c3ccc(N4C[C@H](CN=C=S)OC4=O)cc3F)CC2)cc1. The van der Waals surface area contributed by atoms with E-state index in [0.29, 0.717) is 86.2 Å². The Balaban J connectivity index is 0.000000207. The molecule has 21 heteroatoms. The minimum absolute atomic E-state index is 0.205. The number of ether oxygens (including phenoxy) is 4. The van der Waals surface area contributed by atoms with E-state index in [1.807, 2.05) is 23.6 Å². The van der Waals surface area contributed by atoms with Crippen LogP contribution in [0.2, 0.25) is 0 Å². The molecule has 4 fully saturated rings. The summed E-state index contributed by atoms with van der Waals surface area (Å²) in [5.41, 5.74) is 9.94. The van der Waals surface area contributed by atoms with Crippen LogP contribution in [0.5, 0.6) is 0 Å². The molecule has 0 aromatic heterocycles. The topological polar surface area (TPSA) is 197 Å². The van der Waals surface area contributed by atoms with Gasteiger partial charge >= 0.3 is 24.1 Å². The van der Waals surface area contributed by atoms with Crippen LogP contribution in [0.1, 0.15) is 31.8 Å². The first-order valence-corrected chi connectivity index (χ1v) is 22.9. The second-order valence-corrected chi connectivity index (χ2v) is 17.0. The lowest BCUT2D eigenvalue weighted by Crippen LogP contribution is -2.50. The lowest BCUT2D eigenvalue weighted by atomic mass is 10.1. The first-order valence-electron chi connectivity index (χ1n) is 22.5. The van der Waals surface area contributed by atoms with E-state index in [2.05, 4.69) is 22.4 Å². The van der Waals surface area contributed by atoms with Crippen molar-refractivity contribution in [1.29, 1.82) is 0 Å². The Bertz CT molecular complexity index is 2620. The molecule has 4 aromatic carbocycles. The van der Waals surface area contributed by atoms with Gasteiger partial charge in [-0.25, -0.2) is 33.0 Å². The standard InChI is InChI=1S/C25H25FN4O5S.C24H27FN4O5/c1-17-2-4-18(5-3-17)24(32)34-15-23(31)29-10-8-28(9-11-29)22-7-6-19(12-21(22)26)30-14-20(13-27-16-36)35-25(30)33;1-16-2-4-17(5-3-16)23(31)33-15-22(30)28-10-8-27(9-11-28)21-7-6-18(12-20(21)25)29-14-19(13-26)34-24(29)32/h2-7,12,20H,8-11,13-15H2,1H3;2-7,12,19H,8-11,13-15,26H2,1H3/t20-;19-/m00/s1. The number of thiocarbonyl (C=S) groups is 1. The van der Waals surface area contributed by atoms with Crippen LogP contribution in [0, 0.1) is 25.5 Å². The summed E-state index contributed by atoms with van der Waals surface area (Å²) in [5, 5.41) is 2.23. The number of nitrogens with zero attached hydrogens (tertiary/aromatic N) is 7. The predicted molar refractivity (Wildman–Crippen MR) is 257 cm³/mol. The van der Waals surface area contributed by atoms with Gasteiger partial charge in [-0.15, -0.1) is 0 Å². The van der Waals surface area contributed by atoms with Crippen molar-refractivity contribution in [3.8, 4) is 0 Å². The van der Waals surface area contributed by atoms with Gasteiger partial charge in [-0.3, -0.25) is 19.4 Å². The number of amides is 4. The van der Waals surface area contributed by atoms with E-state index in [4.69, 9.17) is 24.7 Å². The van der Waals surface area contributed by atoms with Gasteiger partial charge in [0, 0.05) is 58.9 Å². The number of hydrogen-bond acceptors (Lipinski definition) is 15. The first kappa shape index (κ1) is 50.4. The fourth-order valence-corrected chi connectivity index (χ4v) is 8.11. The molecule has 2 N–H and O–H groups in total. The van der Waals surface area contributed by atoms with Crippen molar-refractivity contribution in [2.24, 2.45) is 10.7 Å². The fraction of sp³-hybridized carbons (Fsp3) is 0.367. The van der Waals surface area contributed by atoms with Crippen LogP contribution < -0.4 is 25.3 Å². The number of carbonyl (C=O) groups excluding carboxylic acids is 6. The van der Waals surface area contributed by atoms with Crippen molar-refractivity contribution >= 4 is 76.1 Å². The molecule has 4 aromatic rings. The highest BCUT2D eigenvalue weighted by Gasteiger charge is 2.34. The van der Waals surface area contributed by atoms with E-state index < -0.39 is 48.0 Å². The zero-order valence-corrected chi connectivity index (χ0v) is 39.4. The van der Waals surface area contributed by atoms with Crippen LogP contribution in [0.15, 0.2) is 89.9 Å². The Morgan fingerprint density at radius 2 is 1.04 bits per heavy atom. The minimum atomic E-state index is -0.568. The lowest BCUT2D eigenvalue weighted by Gasteiger charge is -2.36.